The molecule has 2 nitrogen and oxygen atoms in total. The molecule has 0 aliphatic carbocycles. The molecule has 1 atom stereocenters. The van der Waals surface area contributed by atoms with Crippen molar-refractivity contribution in [2.24, 2.45) is 0 Å². The molecule has 1 N–H and O–H groups in total. The van der Waals surface area contributed by atoms with Crippen LogP contribution in [0.25, 0.3) is 0 Å². The lowest BCUT2D eigenvalue weighted by atomic mass is 10.00. The van der Waals surface area contributed by atoms with E-state index in [0.29, 0.717) is 13.0 Å². The minimum Gasteiger partial charge on any atom is -0.308 e. The molecule has 2 rings (SSSR count). The van der Waals surface area contributed by atoms with Crippen LogP contribution in [-0.4, -0.2) is 12.3 Å². The van der Waals surface area contributed by atoms with E-state index in [1.165, 1.54) is 5.38 Å². The van der Waals surface area contributed by atoms with E-state index in [9.17, 15) is 18.0 Å². The highest BCUT2D eigenvalue weighted by atomic mass is 32.1. The maximum atomic E-state index is 12.6. The summed E-state index contributed by atoms with van der Waals surface area (Å²) in [5.74, 6) is 0.0188. The Morgan fingerprint density at radius 3 is 2.81 bits per heavy atom. The number of thiophene rings is 1. The zero-order valence-electron chi connectivity index (χ0n) is 8.30. The third-order valence-corrected chi connectivity index (χ3v) is 3.57. The Morgan fingerprint density at radius 2 is 2.19 bits per heavy atom. The molecule has 1 aliphatic heterocycles. The number of carbonyl (C=O) groups excluding carboxylic acids is 1. The quantitative estimate of drug-likeness (QED) is 0.829. The minimum absolute atomic E-state index is 0.0188. The fraction of sp³-hybridized carbons (Fsp3) is 0.500. The molecule has 0 amide bonds. The second-order valence-electron chi connectivity index (χ2n) is 3.70. The molecule has 1 aromatic rings. The number of halogens is 3. The van der Waals surface area contributed by atoms with Gasteiger partial charge in [0.2, 0.25) is 0 Å². The highest BCUT2D eigenvalue weighted by Gasteiger charge is 2.37. The van der Waals surface area contributed by atoms with Gasteiger partial charge in [0.1, 0.15) is 5.78 Å². The van der Waals surface area contributed by atoms with Gasteiger partial charge in [0, 0.05) is 30.3 Å². The van der Waals surface area contributed by atoms with Crippen molar-refractivity contribution < 1.29 is 18.0 Å². The predicted octanol–water partition coefficient (Wildman–Crippen LogP) is 2.76. The van der Waals surface area contributed by atoms with Gasteiger partial charge in [0.05, 0.1) is 5.56 Å². The second-order valence-corrected chi connectivity index (χ2v) is 4.64. The summed E-state index contributed by atoms with van der Waals surface area (Å²) < 4.78 is 37.9. The molecule has 88 valence electrons. The topological polar surface area (TPSA) is 29.1 Å². The van der Waals surface area contributed by atoms with Crippen molar-refractivity contribution in [2.75, 3.05) is 6.54 Å². The Morgan fingerprint density at radius 1 is 1.44 bits per heavy atom. The van der Waals surface area contributed by atoms with Crippen LogP contribution in [0, 0.1) is 0 Å². The normalized spacial score (nSPS) is 22.4. The molecule has 2 heterocycles. The summed E-state index contributed by atoms with van der Waals surface area (Å²) in [6, 6.07) is 0.596. The number of piperidine rings is 1. The zero-order chi connectivity index (χ0) is 11.8. The van der Waals surface area contributed by atoms with Crippen molar-refractivity contribution in [1.82, 2.24) is 5.32 Å². The third kappa shape index (κ3) is 2.27. The van der Waals surface area contributed by atoms with Gasteiger partial charge >= 0.3 is 6.18 Å². The van der Waals surface area contributed by atoms with Crippen LogP contribution >= 0.6 is 11.3 Å². The fourth-order valence-electron chi connectivity index (χ4n) is 1.80. The smallest absolute Gasteiger partial charge is 0.308 e. The molecule has 6 heteroatoms. The van der Waals surface area contributed by atoms with Crippen molar-refractivity contribution in [1.29, 1.82) is 0 Å². The van der Waals surface area contributed by atoms with E-state index in [1.807, 2.05) is 0 Å². The molecular formula is C10H10F3NOS. The van der Waals surface area contributed by atoms with Crippen LogP contribution in [0.1, 0.15) is 29.3 Å². The molecular weight excluding hydrogens is 239 g/mol. The fourth-order valence-corrected chi connectivity index (χ4v) is 2.79. The first kappa shape index (κ1) is 11.6. The van der Waals surface area contributed by atoms with Crippen molar-refractivity contribution >= 4 is 17.1 Å². The SMILES string of the molecule is O=C1CCNC(c2sccc2C(F)(F)F)C1. The zero-order valence-corrected chi connectivity index (χ0v) is 9.12. The van der Waals surface area contributed by atoms with E-state index < -0.39 is 17.8 Å². The predicted molar refractivity (Wildman–Crippen MR) is 54.3 cm³/mol. The maximum Gasteiger partial charge on any atom is 0.417 e. The summed E-state index contributed by atoms with van der Waals surface area (Å²) in [5.41, 5.74) is -0.621. The Kier molecular flexibility index (Phi) is 3.03. The highest BCUT2D eigenvalue weighted by Crippen LogP contribution is 2.39. The molecule has 0 radical (unpaired) electrons. The summed E-state index contributed by atoms with van der Waals surface area (Å²) in [7, 11) is 0. The molecule has 16 heavy (non-hydrogen) atoms. The molecule has 1 aromatic heterocycles. The summed E-state index contributed by atoms with van der Waals surface area (Å²) in [6.45, 7) is 0.457. The number of rotatable bonds is 1. The number of ketones is 1. The lowest BCUT2D eigenvalue weighted by Crippen LogP contribution is -2.32. The van der Waals surface area contributed by atoms with Crippen LogP contribution in [0.4, 0.5) is 13.2 Å². The van der Waals surface area contributed by atoms with Crippen LogP contribution in [-0.2, 0) is 11.0 Å². The van der Waals surface area contributed by atoms with Gasteiger partial charge in [0.15, 0.2) is 0 Å². The van der Waals surface area contributed by atoms with Gasteiger partial charge in [0.25, 0.3) is 0 Å². The Labute approximate surface area is 94.5 Å². The first-order valence-corrected chi connectivity index (χ1v) is 5.76. The molecule has 0 saturated carbocycles. The van der Waals surface area contributed by atoms with Gasteiger partial charge < -0.3 is 5.32 Å². The minimum atomic E-state index is -4.34. The van der Waals surface area contributed by atoms with Crippen molar-refractivity contribution in [3.63, 3.8) is 0 Å². The maximum absolute atomic E-state index is 12.6. The van der Waals surface area contributed by atoms with Gasteiger partial charge in [-0.25, -0.2) is 0 Å². The summed E-state index contributed by atoms with van der Waals surface area (Å²) in [6.07, 6.45) is -3.77. The standard InChI is InChI=1S/C10H10F3NOS/c11-10(12,13)7-2-4-16-9(7)8-5-6(15)1-3-14-8/h2,4,8,14H,1,3,5H2. The second kappa shape index (κ2) is 4.18. The van der Waals surface area contributed by atoms with Crippen LogP contribution in [0.15, 0.2) is 11.4 Å². The number of nitrogens with one attached hydrogen (secondary N) is 1. The van der Waals surface area contributed by atoms with E-state index >= 15 is 0 Å². The van der Waals surface area contributed by atoms with Gasteiger partial charge in [-0.05, 0) is 11.4 Å². The van der Waals surface area contributed by atoms with Gasteiger partial charge in [-0.15, -0.1) is 11.3 Å². The van der Waals surface area contributed by atoms with Crippen LogP contribution < -0.4 is 5.32 Å². The molecule has 0 spiro atoms. The highest BCUT2D eigenvalue weighted by molar-refractivity contribution is 7.10. The van der Waals surface area contributed by atoms with Gasteiger partial charge in [-0.3, -0.25) is 4.79 Å². The average molecular weight is 249 g/mol. The third-order valence-electron chi connectivity index (χ3n) is 2.54. The number of carbonyl (C=O) groups is 1. The monoisotopic (exact) mass is 249 g/mol. The van der Waals surface area contributed by atoms with Crippen LogP contribution in [0.3, 0.4) is 0 Å². The lowest BCUT2D eigenvalue weighted by molar-refractivity contribution is -0.138. The van der Waals surface area contributed by atoms with E-state index in [0.717, 1.165) is 17.4 Å². The van der Waals surface area contributed by atoms with Crippen molar-refractivity contribution in [2.45, 2.75) is 25.1 Å². The first-order valence-electron chi connectivity index (χ1n) is 4.88. The van der Waals surface area contributed by atoms with E-state index in [1.54, 1.807) is 0 Å². The van der Waals surface area contributed by atoms with Crippen LogP contribution in [0.2, 0.25) is 0 Å². The van der Waals surface area contributed by atoms with Gasteiger partial charge in [-0.1, -0.05) is 0 Å². The molecule has 1 aliphatic rings. The lowest BCUT2D eigenvalue weighted by Gasteiger charge is -2.23. The van der Waals surface area contributed by atoms with E-state index in [2.05, 4.69) is 5.32 Å². The summed E-state index contributed by atoms with van der Waals surface area (Å²) in [5, 5.41) is 4.37. The van der Waals surface area contributed by atoms with Crippen molar-refractivity contribution in [3.05, 3.63) is 21.9 Å². The molecule has 0 aromatic carbocycles. The van der Waals surface area contributed by atoms with E-state index in [-0.39, 0.29) is 17.1 Å². The summed E-state index contributed by atoms with van der Waals surface area (Å²) in [4.78, 5) is 11.4. The van der Waals surface area contributed by atoms with E-state index in [4.69, 9.17) is 0 Å². The Balaban J connectivity index is 2.26. The average Bonchev–Trinajstić information content (AvgIpc) is 2.65. The van der Waals surface area contributed by atoms with Gasteiger partial charge in [-0.2, -0.15) is 13.2 Å². The Hall–Kier alpha value is -0.880. The first-order chi connectivity index (χ1) is 7.48. The Bertz CT molecular complexity index is 399. The number of hydrogen-bond acceptors (Lipinski definition) is 3. The molecule has 1 saturated heterocycles. The largest absolute Gasteiger partial charge is 0.417 e. The molecule has 0 bridgehead atoms. The molecule has 1 unspecified atom stereocenters. The number of alkyl halides is 3. The van der Waals surface area contributed by atoms with Crippen LogP contribution in [0.5, 0.6) is 0 Å². The summed E-state index contributed by atoms with van der Waals surface area (Å²) >= 11 is 1.05. The van der Waals surface area contributed by atoms with Crippen molar-refractivity contribution in [3.8, 4) is 0 Å². The number of hydrogen-bond donors (Lipinski definition) is 1. The number of Topliss-reactive ketones (excluding diaryl/α,β-unsaturated/α-hetero) is 1. The molecule has 1 fully saturated rings.